The molecule has 0 spiro atoms. The largest absolute Gasteiger partial charge is 0.381 e. The second-order valence-electron chi connectivity index (χ2n) is 4.61. The van der Waals surface area contributed by atoms with Crippen molar-refractivity contribution in [1.82, 2.24) is 10.6 Å². The molecule has 2 bridgehead atoms. The van der Waals surface area contributed by atoms with Crippen molar-refractivity contribution in [2.45, 2.75) is 25.3 Å². The topological polar surface area (TPSA) is 75.1 Å². The van der Waals surface area contributed by atoms with Gasteiger partial charge in [0, 0.05) is 31.9 Å². The molecule has 0 atom stereocenters. The Hall–Kier alpha value is -1.34. The number of aliphatic imine (C=N–C) groups is 2. The summed E-state index contributed by atoms with van der Waals surface area (Å²) in [6.45, 7) is 1.98. The van der Waals surface area contributed by atoms with Crippen LogP contribution >= 0.6 is 11.8 Å². The van der Waals surface area contributed by atoms with Crippen LogP contribution in [0.2, 0.25) is 0 Å². The average molecular weight is 280 g/mol. The number of thioether (sulfide) groups is 1. The van der Waals surface area contributed by atoms with Gasteiger partial charge in [-0.1, -0.05) is 0 Å². The Kier molecular flexibility index (Phi) is 3.84. The first-order valence-electron chi connectivity index (χ1n) is 6.42. The predicted molar refractivity (Wildman–Crippen MR) is 75.1 cm³/mol. The lowest BCUT2D eigenvalue weighted by Gasteiger charge is -2.24. The van der Waals surface area contributed by atoms with E-state index < -0.39 is 0 Å². The van der Waals surface area contributed by atoms with Crippen LogP contribution in [0.4, 0.5) is 0 Å². The highest BCUT2D eigenvalue weighted by atomic mass is 32.2. The average Bonchev–Trinajstić information content (AvgIpc) is 2.60. The summed E-state index contributed by atoms with van der Waals surface area (Å²) in [5.41, 5.74) is 0.868. The van der Waals surface area contributed by atoms with Crippen molar-refractivity contribution in [2.75, 3.05) is 19.9 Å². The zero-order chi connectivity index (χ0) is 13.1. The van der Waals surface area contributed by atoms with Gasteiger partial charge >= 0.3 is 0 Å². The maximum atomic E-state index is 12.2. The summed E-state index contributed by atoms with van der Waals surface area (Å²) in [4.78, 5) is 20.9. The van der Waals surface area contributed by atoms with E-state index in [1.807, 2.05) is 6.20 Å². The van der Waals surface area contributed by atoms with Gasteiger partial charge in [-0.15, -0.1) is 0 Å². The van der Waals surface area contributed by atoms with Crippen LogP contribution in [-0.4, -0.2) is 41.9 Å². The molecule has 3 rings (SSSR count). The van der Waals surface area contributed by atoms with E-state index in [-0.39, 0.29) is 11.9 Å². The molecule has 1 amide bonds. The van der Waals surface area contributed by atoms with E-state index in [0.717, 1.165) is 23.6 Å². The number of amides is 1. The first-order chi connectivity index (χ1) is 9.31. The molecule has 0 radical (unpaired) electrons. The molecular formula is C12H16N4O2S. The van der Waals surface area contributed by atoms with E-state index in [1.165, 1.54) is 11.8 Å². The number of ether oxygens (including phenoxy) is 1. The SMILES string of the molecule is O=C(NC1CCOCC1)C1=NC2=CNCN=C(C2)S1. The molecule has 1 fully saturated rings. The van der Waals surface area contributed by atoms with E-state index in [2.05, 4.69) is 20.6 Å². The fourth-order valence-corrected chi connectivity index (χ4v) is 3.04. The molecule has 0 saturated carbocycles. The van der Waals surface area contributed by atoms with Crippen LogP contribution in [0.1, 0.15) is 19.3 Å². The van der Waals surface area contributed by atoms with Gasteiger partial charge in [0.25, 0.3) is 5.91 Å². The van der Waals surface area contributed by atoms with Gasteiger partial charge in [0.05, 0.1) is 10.7 Å². The van der Waals surface area contributed by atoms with Gasteiger partial charge in [-0.2, -0.15) is 0 Å². The number of carbonyl (C=O) groups excluding carboxylic acids is 1. The highest BCUT2D eigenvalue weighted by molar-refractivity contribution is 8.28. The third kappa shape index (κ3) is 3.16. The molecular weight excluding hydrogens is 264 g/mol. The molecule has 0 unspecified atom stereocenters. The zero-order valence-corrected chi connectivity index (χ0v) is 11.3. The lowest BCUT2D eigenvalue weighted by molar-refractivity contribution is -0.115. The summed E-state index contributed by atoms with van der Waals surface area (Å²) < 4.78 is 5.28. The molecule has 19 heavy (non-hydrogen) atoms. The molecule has 0 aromatic carbocycles. The van der Waals surface area contributed by atoms with Gasteiger partial charge in [0.2, 0.25) is 0 Å². The van der Waals surface area contributed by atoms with E-state index in [1.54, 1.807) is 0 Å². The standard InChI is InChI=1S/C12H16N4O2S/c17-11(15-8-1-3-18-4-2-8)12-16-9-5-10(19-12)14-7-13-6-9/h6,8,13H,1-5,7H2,(H,15,17). The normalized spacial score (nSPS) is 23.5. The minimum Gasteiger partial charge on any atom is -0.381 e. The number of hydrogen-bond acceptors (Lipinski definition) is 6. The maximum absolute atomic E-state index is 12.2. The second kappa shape index (κ2) is 5.75. The zero-order valence-electron chi connectivity index (χ0n) is 10.5. The summed E-state index contributed by atoms with van der Waals surface area (Å²) in [7, 11) is 0. The van der Waals surface area contributed by atoms with Crippen molar-refractivity contribution in [3.8, 4) is 0 Å². The summed E-state index contributed by atoms with van der Waals surface area (Å²) in [6, 6.07) is 0.197. The maximum Gasteiger partial charge on any atom is 0.277 e. The molecule has 3 heterocycles. The van der Waals surface area contributed by atoms with E-state index >= 15 is 0 Å². The lowest BCUT2D eigenvalue weighted by atomic mass is 10.1. The Morgan fingerprint density at radius 3 is 3.16 bits per heavy atom. The monoisotopic (exact) mass is 280 g/mol. The highest BCUT2D eigenvalue weighted by Crippen LogP contribution is 2.24. The number of fused-ring (bicyclic) bond motifs is 2. The van der Waals surface area contributed by atoms with Gasteiger partial charge < -0.3 is 15.4 Å². The van der Waals surface area contributed by atoms with Gasteiger partial charge in [0.1, 0.15) is 6.67 Å². The van der Waals surface area contributed by atoms with Gasteiger partial charge in [-0.05, 0) is 24.6 Å². The first-order valence-corrected chi connectivity index (χ1v) is 7.24. The quantitative estimate of drug-likeness (QED) is 0.777. The summed E-state index contributed by atoms with van der Waals surface area (Å²) >= 11 is 1.37. The lowest BCUT2D eigenvalue weighted by Crippen LogP contribution is -2.42. The van der Waals surface area contributed by atoms with Crippen LogP contribution < -0.4 is 10.6 Å². The third-order valence-corrected chi connectivity index (χ3v) is 4.14. The molecule has 7 heteroatoms. The van der Waals surface area contributed by atoms with Crippen molar-refractivity contribution in [3.63, 3.8) is 0 Å². The minimum atomic E-state index is -0.0999. The smallest absolute Gasteiger partial charge is 0.277 e. The summed E-state index contributed by atoms with van der Waals surface area (Å²) in [5, 5.41) is 7.51. The van der Waals surface area contributed by atoms with Gasteiger partial charge in [0.15, 0.2) is 5.04 Å². The molecule has 102 valence electrons. The van der Waals surface area contributed by atoms with E-state index in [9.17, 15) is 4.79 Å². The molecule has 1 saturated heterocycles. The summed E-state index contributed by atoms with van der Waals surface area (Å²) in [6.07, 6.45) is 4.29. The Balaban J connectivity index is 1.67. The Morgan fingerprint density at radius 2 is 2.32 bits per heavy atom. The van der Waals surface area contributed by atoms with E-state index in [4.69, 9.17) is 4.74 Å². The number of nitrogens with zero attached hydrogens (tertiary/aromatic N) is 2. The van der Waals surface area contributed by atoms with Crippen molar-refractivity contribution < 1.29 is 9.53 Å². The first kappa shape index (κ1) is 12.7. The number of rotatable bonds is 2. The number of nitrogens with one attached hydrogen (secondary N) is 2. The number of allylic oxidation sites excluding steroid dienone is 1. The van der Waals surface area contributed by atoms with Crippen molar-refractivity contribution in [2.24, 2.45) is 9.98 Å². The highest BCUT2D eigenvalue weighted by Gasteiger charge is 2.25. The summed E-state index contributed by atoms with van der Waals surface area (Å²) in [5.74, 6) is -0.0999. The molecule has 2 N–H and O–H groups in total. The van der Waals surface area contributed by atoms with Crippen LogP contribution in [0.5, 0.6) is 0 Å². The van der Waals surface area contributed by atoms with Crippen LogP contribution in [-0.2, 0) is 9.53 Å². The molecule has 0 aromatic heterocycles. The van der Waals surface area contributed by atoms with Crippen molar-refractivity contribution >= 4 is 27.8 Å². The molecule has 3 aliphatic rings. The van der Waals surface area contributed by atoms with E-state index in [0.29, 0.717) is 31.3 Å². The number of hydrogen-bond donors (Lipinski definition) is 2. The molecule has 6 nitrogen and oxygen atoms in total. The number of carbonyl (C=O) groups is 1. The Labute approximate surface area is 115 Å². The van der Waals surface area contributed by atoms with Crippen molar-refractivity contribution in [1.29, 1.82) is 0 Å². The molecule has 3 aliphatic heterocycles. The van der Waals surface area contributed by atoms with Crippen LogP contribution in [0.25, 0.3) is 0 Å². The Morgan fingerprint density at radius 1 is 1.47 bits per heavy atom. The fraction of sp³-hybridized carbons (Fsp3) is 0.583. The predicted octanol–water partition coefficient (Wildman–Crippen LogP) is 0.618. The van der Waals surface area contributed by atoms with Gasteiger partial charge in [-0.25, -0.2) is 4.99 Å². The fourth-order valence-electron chi connectivity index (χ4n) is 2.15. The minimum absolute atomic E-state index is 0.0999. The van der Waals surface area contributed by atoms with Gasteiger partial charge in [-0.3, -0.25) is 9.79 Å². The Bertz CT molecular complexity index is 466. The third-order valence-electron chi connectivity index (χ3n) is 3.16. The molecule has 0 aromatic rings. The second-order valence-corrected chi connectivity index (χ2v) is 5.67. The van der Waals surface area contributed by atoms with Crippen LogP contribution in [0, 0.1) is 0 Å². The molecule has 0 aliphatic carbocycles. The van der Waals surface area contributed by atoms with Crippen LogP contribution in [0.3, 0.4) is 0 Å². The van der Waals surface area contributed by atoms with Crippen molar-refractivity contribution in [3.05, 3.63) is 11.9 Å². The van der Waals surface area contributed by atoms with Crippen LogP contribution in [0.15, 0.2) is 21.9 Å².